The molecule has 12 aromatic rings. The number of hydrogen-bond acceptors (Lipinski definition) is 8. The third-order valence-electron chi connectivity index (χ3n) is 13.7. The van der Waals surface area contributed by atoms with E-state index in [9.17, 15) is 0 Å². The van der Waals surface area contributed by atoms with E-state index in [1.807, 2.05) is 49.1 Å². The van der Waals surface area contributed by atoms with Crippen LogP contribution in [0, 0.1) is 27.7 Å². The van der Waals surface area contributed by atoms with E-state index in [1.54, 1.807) is 0 Å². The van der Waals surface area contributed by atoms with Crippen molar-refractivity contribution in [3.05, 3.63) is 254 Å². The zero-order valence-corrected chi connectivity index (χ0v) is 40.5. The molecule has 8 nitrogen and oxygen atoms in total. The Kier molecular flexibility index (Phi) is 11.3. The van der Waals surface area contributed by atoms with Crippen LogP contribution >= 0.6 is 0 Å². The van der Waals surface area contributed by atoms with E-state index in [1.165, 1.54) is 0 Å². The molecule has 0 saturated carbocycles. The summed E-state index contributed by atoms with van der Waals surface area (Å²) in [5.74, 6) is 0. The molecule has 0 radical (unpaired) electrons. The van der Waals surface area contributed by atoms with Crippen LogP contribution in [-0.2, 0) is 0 Å². The normalized spacial score (nSPS) is 11.3. The number of para-hydroxylation sites is 4. The fraction of sp³-hybridized carbons (Fsp3) is 0.0625. The van der Waals surface area contributed by atoms with Gasteiger partial charge in [0, 0.05) is 79.9 Å². The molecule has 8 aromatic carbocycles. The van der Waals surface area contributed by atoms with Gasteiger partial charge in [-0.05, 0) is 137 Å². The van der Waals surface area contributed by atoms with E-state index in [4.69, 9.17) is 19.9 Å². The Hall–Kier alpha value is -9.40. The molecule has 8 heteroatoms. The second-order valence-corrected chi connectivity index (χ2v) is 18.0. The molecule has 0 saturated heterocycles. The second-order valence-electron chi connectivity index (χ2n) is 18.0. The van der Waals surface area contributed by atoms with Crippen LogP contribution in [0.2, 0.25) is 0 Å². The first kappa shape index (κ1) is 43.9. The SMILES string of the molecule is Cc1ncccc1N(c1ccccc1)c1cc(N(c2ccccc2)c2cccnc2C)c2ccc3c(N(c4ccccc4)c4cccnc4C)cc(N(c4ccccc4)c4cccnc4C)c4ccc1c2c43. The van der Waals surface area contributed by atoms with Crippen LogP contribution in [0.5, 0.6) is 0 Å². The van der Waals surface area contributed by atoms with Crippen molar-refractivity contribution in [2.75, 3.05) is 19.6 Å². The van der Waals surface area contributed by atoms with Crippen molar-refractivity contribution < 1.29 is 0 Å². The number of benzene rings is 8. The molecule has 0 N–H and O–H groups in total. The molecule has 0 fully saturated rings. The van der Waals surface area contributed by atoms with Gasteiger partial charge in [0.1, 0.15) is 0 Å². The van der Waals surface area contributed by atoms with Crippen LogP contribution in [0.1, 0.15) is 22.8 Å². The Labute approximate surface area is 419 Å². The van der Waals surface area contributed by atoms with Crippen LogP contribution in [0.3, 0.4) is 0 Å². The number of pyridine rings is 4. The predicted octanol–water partition coefficient (Wildman–Crippen LogP) is 17.3. The summed E-state index contributed by atoms with van der Waals surface area (Å²) in [5.41, 5.74) is 15.7. The molecule has 0 aliphatic heterocycles. The van der Waals surface area contributed by atoms with E-state index in [0.29, 0.717) is 0 Å². The minimum Gasteiger partial charge on any atom is -0.308 e. The van der Waals surface area contributed by atoms with Gasteiger partial charge in [0.05, 0.1) is 68.3 Å². The lowest BCUT2D eigenvalue weighted by Crippen LogP contribution is -2.17. The highest BCUT2D eigenvalue weighted by Gasteiger charge is 2.30. The maximum Gasteiger partial charge on any atom is 0.0674 e. The molecule has 0 atom stereocenters. The van der Waals surface area contributed by atoms with Gasteiger partial charge in [0.15, 0.2) is 0 Å². The summed E-state index contributed by atoms with van der Waals surface area (Å²) < 4.78 is 0. The summed E-state index contributed by atoms with van der Waals surface area (Å²) in [6, 6.07) is 73.5. The predicted molar refractivity (Wildman–Crippen MR) is 299 cm³/mol. The lowest BCUT2D eigenvalue weighted by molar-refractivity contribution is 1.14. The first-order chi connectivity index (χ1) is 35.4. The van der Waals surface area contributed by atoms with Gasteiger partial charge in [-0.3, -0.25) is 19.9 Å². The van der Waals surface area contributed by atoms with E-state index >= 15 is 0 Å². The molecular formula is C64H50N8. The van der Waals surface area contributed by atoms with Gasteiger partial charge < -0.3 is 19.6 Å². The number of rotatable bonds is 12. The average molecular weight is 931 g/mol. The van der Waals surface area contributed by atoms with Crippen LogP contribution in [0.15, 0.2) is 231 Å². The van der Waals surface area contributed by atoms with Gasteiger partial charge >= 0.3 is 0 Å². The van der Waals surface area contributed by atoms with E-state index < -0.39 is 0 Å². The lowest BCUT2D eigenvalue weighted by atomic mass is 9.89. The smallest absolute Gasteiger partial charge is 0.0674 e. The van der Waals surface area contributed by atoms with Crippen LogP contribution < -0.4 is 19.6 Å². The summed E-state index contributed by atoms with van der Waals surface area (Å²) in [5, 5.41) is 6.60. The third-order valence-corrected chi connectivity index (χ3v) is 13.7. The molecule has 12 rings (SSSR count). The number of aryl methyl sites for hydroxylation is 4. The van der Waals surface area contributed by atoms with Gasteiger partial charge in [0.2, 0.25) is 0 Å². The molecule has 0 spiro atoms. The molecule has 0 aliphatic rings. The van der Waals surface area contributed by atoms with Gasteiger partial charge in [0.25, 0.3) is 0 Å². The highest BCUT2D eigenvalue weighted by atomic mass is 15.2. The second kappa shape index (κ2) is 18.5. The fourth-order valence-electron chi connectivity index (χ4n) is 10.4. The maximum absolute atomic E-state index is 4.89. The molecule has 0 aliphatic carbocycles. The fourth-order valence-corrected chi connectivity index (χ4v) is 10.4. The zero-order valence-electron chi connectivity index (χ0n) is 40.5. The van der Waals surface area contributed by atoms with E-state index in [2.05, 4.69) is 229 Å². The third kappa shape index (κ3) is 7.57. The molecule has 0 amide bonds. The number of anilines is 12. The Bertz CT molecular complexity index is 3380. The van der Waals surface area contributed by atoms with Crippen molar-refractivity contribution in [2.24, 2.45) is 0 Å². The highest BCUT2D eigenvalue weighted by Crippen LogP contribution is 2.55. The molecule has 4 aromatic heterocycles. The number of aromatic nitrogens is 4. The Morgan fingerprint density at radius 2 is 0.458 bits per heavy atom. The molecule has 346 valence electrons. The highest BCUT2D eigenvalue weighted by molar-refractivity contribution is 6.33. The van der Waals surface area contributed by atoms with Gasteiger partial charge in [-0.25, -0.2) is 0 Å². The van der Waals surface area contributed by atoms with Crippen molar-refractivity contribution in [2.45, 2.75) is 27.7 Å². The average Bonchev–Trinajstić information content (AvgIpc) is 3.42. The summed E-state index contributed by atoms with van der Waals surface area (Å²) in [6.07, 6.45) is 7.48. The Morgan fingerprint density at radius 1 is 0.236 bits per heavy atom. The van der Waals surface area contributed by atoms with Gasteiger partial charge in [-0.15, -0.1) is 0 Å². The number of hydrogen-bond donors (Lipinski definition) is 0. The van der Waals surface area contributed by atoms with E-state index in [-0.39, 0.29) is 0 Å². The molecule has 72 heavy (non-hydrogen) atoms. The Balaban J connectivity index is 1.31. The standard InChI is InChI=1S/C64H50N8/c1-43-55(29-17-37-65-43)69(47-21-9-5-10-22-47)59-41-60(70(48-23-11-6-12-24-48)56-30-18-38-66-44(56)2)52-35-36-54-62(72(50-27-15-8-16-28-50)58-32-20-40-68-46(58)4)42-61(53-34-33-51(59)63(52)64(53)54)71(49-25-13-7-14-26-49)57-31-19-39-67-45(57)3/h5-42H,1-4H3. The molecular weight excluding hydrogens is 881 g/mol. The van der Waals surface area contributed by atoms with Crippen LogP contribution in [0.4, 0.5) is 68.2 Å². The number of nitrogens with zero attached hydrogens (tertiary/aromatic N) is 8. The lowest BCUT2D eigenvalue weighted by Gasteiger charge is -2.35. The largest absolute Gasteiger partial charge is 0.308 e. The van der Waals surface area contributed by atoms with Crippen molar-refractivity contribution in [3.63, 3.8) is 0 Å². The summed E-state index contributed by atoms with van der Waals surface area (Å²) in [7, 11) is 0. The topological polar surface area (TPSA) is 64.5 Å². The van der Waals surface area contributed by atoms with Crippen molar-refractivity contribution in [1.82, 2.24) is 19.9 Å². The van der Waals surface area contributed by atoms with E-state index in [0.717, 1.165) is 123 Å². The summed E-state index contributed by atoms with van der Waals surface area (Å²) in [4.78, 5) is 29.1. The quantitative estimate of drug-likeness (QED) is 0.112. The van der Waals surface area contributed by atoms with Crippen LogP contribution in [0.25, 0.3) is 32.3 Å². The first-order valence-electron chi connectivity index (χ1n) is 24.3. The monoisotopic (exact) mass is 930 g/mol. The molecule has 4 heterocycles. The minimum atomic E-state index is 0.914. The van der Waals surface area contributed by atoms with Crippen molar-refractivity contribution in [3.8, 4) is 0 Å². The molecule has 0 unspecified atom stereocenters. The summed E-state index contributed by atoms with van der Waals surface area (Å²) >= 11 is 0. The van der Waals surface area contributed by atoms with Gasteiger partial charge in [-0.1, -0.05) is 97.1 Å². The van der Waals surface area contributed by atoms with Gasteiger partial charge in [-0.2, -0.15) is 0 Å². The zero-order chi connectivity index (χ0) is 48.7. The van der Waals surface area contributed by atoms with Crippen LogP contribution in [-0.4, -0.2) is 19.9 Å². The first-order valence-corrected chi connectivity index (χ1v) is 24.3. The van der Waals surface area contributed by atoms with Crippen molar-refractivity contribution >= 4 is 101 Å². The molecule has 0 bridgehead atoms. The summed E-state index contributed by atoms with van der Waals surface area (Å²) in [6.45, 7) is 8.36. The maximum atomic E-state index is 4.89. The minimum absolute atomic E-state index is 0.914. The van der Waals surface area contributed by atoms with Crippen molar-refractivity contribution in [1.29, 1.82) is 0 Å². The Morgan fingerprint density at radius 3 is 0.667 bits per heavy atom.